The lowest BCUT2D eigenvalue weighted by Crippen LogP contribution is -2.36. The Morgan fingerprint density at radius 1 is 0.917 bits per heavy atom. The highest BCUT2D eigenvalue weighted by Crippen LogP contribution is 2.45. The van der Waals surface area contributed by atoms with E-state index >= 15 is 0 Å². The highest BCUT2D eigenvalue weighted by atomic mass is 19.4. The second-order valence-electron chi connectivity index (χ2n) is 9.06. The molecular weight excluding hydrogens is 493 g/mol. The lowest BCUT2D eigenvalue weighted by Gasteiger charge is -2.30. The number of rotatable bonds is 4. The van der Waals surface area contributed by atoms with Gasteiger partial charge < -0.3 is 4.90 Å². The van der Waals surface area contributed by atoms with E-state index in [1.807, 2.05) is 24.1 Å². The monoisotopic (exact) mass is 518 g/mol. The zero-order valence-electron chi connectivity index (χ0n) is 19.4. The topological polar surface area (TPSA) is 49.7 Å². The number of carbonyl (C=O) groups is 1. The van der Waals surface area contributed by atoms with Crippen molar-refractivity contribution < 1.29 is 35.5 Å². The van der Waals surface area contributed by atoms with Crippen molar-refractivity contribution in [2.75, 3.05) is 7.05 Å². The molecule has 0 spiro atoms. The third kappa shape index (κ3) is 6.61. The molecule has 2 aliphatic rings. The molecule has 2 aromatic rings. The first-order valence-corrected chi connectivity index (χ1v) is 11.4. The summed E-state index contributed by atoms with van der Waals surface area (Å²) in [7, 11) is 1.93. The quantitative estimate of drug-likeness (QED) is 0.315. The first-order chi connectivity index (χ1) is 16.8. The van der Waals surface area contributed by atoms with Gasteiger partial charge in [-0.05, 0) is 72.6 Å². The van der Waals surface area contributed by atoms with Gasteiger partial charge in [0.25, 0.3) is 0 Å². The number of hydrogen-bond donors (Lipinski definition) is 0. The molecule has 0 bridgehead atoms. The maximum Gasteiger partial charge on any atom is 0.416 e. The van der Waals surface area contributed by atoms with Crippen molar-refractivity contribution in [3.05, 3.63) is 75.4 Å². The zero-order valence-corrected chi connectivity index (χ0v) is 19.4. The van der Waals surface area contributed by atoms with Gasteiger partial charge in [-0.25, -0.2) is 4.39 Å². The predicted molar refractivity (Wildman–Crippen MR) is 118 cm³/mol. The summed E-state index contributed by atoms with van der Waals surface area (Å²) >= 11 is 0. The van der Waals surface area contributed by atoms with Crippen LogP contribution < -0.4 is 0 Å². The third-order valence-electron chi connectivity index (χ3n) is 6.80. The summed E-state index contributed by atoms with van der Waals surface area (Å²) in [5.74, 6) is 1.13. The van der Waals surface area contributed by atoms with Gasteiger partial charge in [0.2, 0.25) is 5.91 Å². The van der Waals surface area contributed by atoms with Crippen LogP contribution in [0.4, 0.5) is 30.7 Å². The average Bonchev–Trinajstić information content (AvgIpc) is 3.40. The van der Waals surface area contributed by atoms with Crippen LogP contribution in [0.15, 0.2) is 47.6 Å². The van der Waals surface area contributed by atoms with E-state index in [9.17, 15) is 40.4 Å². The Hall–Kier alpha value is -2.98. The van der Waals surface area contributed by atoms with Gasteiger partial charge >= 0.3 is 12.4 Å². The number of amides is 1. The molecule has 36 heavy (non-hydrogen) atoms. The molecule has 2 fully saturated rings. The maximum atomic E-state index is 13.0. The Kier molecular flexibility index (Phi) is 8.40. The van der Waals surface area contributed by atoms with E-state index in [4.69, 9.17) is 0 Å². The van der Waals surface area contributed by atoms with E-state index in [1.54, 1.807) is 12.1 Å². The van der Waals surface area contributed by atoms with Gasteiger partial charge in [0.15, 0.2) is 0 Å². The van der Waals surface area contributed by atoms with E-state index in [1.165, 1.54) is 18.4 Å². The van der Waals surface area contributed by atoms with Gasteiger partial charge in [-0.2, -0.15) is 31.2 Å². The number of alkyl halides is 6. The molecule has 3 atom stereocenters. The maximum absolute atomic E-state index is 13.0. The van der Waals surface area contributed by atoms with Crippen LogP contribution in [0.25, 0.3) is 0 Å². The van der Waals surface area contributed by atoms with E-state index < -0.39 is 35.6 Å². The summed E-state index contributed by atoms with van der Waals surface area (Å²) in [4.78, 5) is 23.5. The molecule has 1 aliphatic heterocycles. The molecule has 0 radical (unpaired) electrons. The van der Waals surface area contributed by atoms with Crippen molar-refractivity contribution in [1.82, 2.24) is 4.90 Å². The predicted octanol–water partition coefficient (Wildman–Crippen LogP) is 7.32. The van der Waals surface area contributed by atoms with Crippen LogP contribution in [-0.4, -0.2) is 23.9 Å². The summed E-state index contributed by atoms with van der Waals surface area (Å²) in [6.45, 7) is -0.743. The second-order valence-corrected chi connectivity index (χ2v) is 9.06. The summed E-state index contributed by atoms with van der Waals surface area (Å²) in [5.41, 5.74) is -2.10. The van der Waals surface area contributed by atoms with Crippen molar-refractivity contribution in [3.8, 4) is 0 Å². The van der Waals surface area contributed by atoms with Crippen LogP contribution in [0.5, 0.6) is 0 Å². The molecule has 3 unspecified atom stereocenters. The Morgan fingerprint density at radius 3 is 1.97 bits per heavy atom. The Morgan fingerprint density at radius 2 is 1.50 bits per heavy atom. The molecule has 1 saturated carbocycles. The zero-order chi connectivity index (χ0) is 26.7. The molecule has 0 N–H and O–H groups in total. The molecule has 0 aromatic heterocycles. The molecule has 1 aliphatic carbocycles. The fraction of sp³-hybridized carbons (Fsp3) is 0.480. The Bertz CT molecular complexity index is 1040. The highest BCUT2D eigenvalue weighted by Gasteiger charge is 2.41. The SMILES string of the molecule is CN1C(=O)CCC1C1CCCC1c1ccc(F)cc1.O=NCc1cc(C(F)(F)F)cc(C(F)(F)F)c1. The number of carbonyl (C=O) groups excluding carboxylic acids is 1. The molecule has 1 heterocycles. The van der Waals surface area contributed by atoms with Crippen LogP contribution in [-0.2, 0) is 23.7 Å². The van der Waals surface area contributed by atoms with Gasteiger partial charge in [-0.1, -0.05) is 23.7 Å². The van der Waals surface area contributed by atoms with E-state index in [2.05, 4.69) is 5.18 Å². The third-order valence-corrected chi connectivity index (χ3v) is 6.80. The largest absolute Gasteiger partial charge is 0.416 e. The van der Waals surface area contributed by atoms with Crippen molar-refractivity contribution in [1.29, 1.82) is 0 Å². The first kappa shape index (κ1) is 27.6. The minimum Gasteiger partial charge on any atom is -0.342 e. The van der Waals surface area contributed by atoms with Gasteiger partial charge in [0.05, 0.1) is 11.1 Å². The molecule has 4 nitrogen and oxygen atoms in total. The lowest BCUT2D eigenvalue weighted by atomic mass is 9.83. The number of nitroso groups, excluding NO2 is 1. The van der Waals surface area contributed by atoms with E-state index in [0.29, 0.717) is 36.4 Å². The van der Waals surface area contributed by atoms with Crippen molar-refractivity contribution >= 4 is 5.91 Å². The molecule has 11 heteroatoms. The molecule has 1 amide bonds. The van der Waals surface area contributed by atoms with Crippen LogP contribution in [0.2, 0.25) is 0 Å². The Balaban J connectivity index is 0.000000202. The number of nitrogens with zero attached hydrogens (tertiary/aromatic N) is 2. The minimum absolute atomic E-state index is 0.00565. The standard InChI is InChI=1S/C16H20FNO.C9H5F6NO/c1-18-15(9-10-16(18)19)14-4-2-3-13(14)11-5-7-12(17)8-6-11;10-8(11,12)6-1-5(4-16-17)2-7(3-6)9(13,14)15/h5-8,13-15H,2-4,9-10H2,1H3;1-3H,4H2. The van der Waals surface area contributed by atoms with Gasteiger partial charge in [0, 0.05) is 19.5 Å². The summed E-state index contributed by atoms with van der Waals surface area (Å²) in [6.07, 6.45) is -4.58. The normalized spacial score (nSPS) is 22.4. The first-order valence-electron chi connectivity index (χ1n) is 11.4. The molecular formula is C25H25F7N2O2. The van der Waals surface area contributed by atoms with E-state index in [0.717, 1.165) is 12.8 Å². The minimum atomic E-state index is -4.90. The number of likely N-dealkylation sites (tertiary alicyclic amines) is 1. The summed E-state index contributed by atoms with van der Waals surface area (Å²) in [5, 5.41) is 2.27. The summed E-state index contributed by atoms with van der Waals surface area (Å²) < 4.78 is 86.8. The fourth-order valence-corrected chi connectivity index (χ4v) is 5.09. The van der Waals surface area contributed by atoms with Crippen LogP contribution in [0.3, 0.4) is 0 Å². The number of hydrogen-bond acceptors (Lipinski definition) is 3. The second kappa shape index (κ2) is 11.0. The van der Waals surface area contributed by atoms with Gasteiger partial charge in [-0.3, -0.25) is 4.79 Å². The van der Waals surface area contributed by atoms with Crippen molar-refractivity contribution in [3.63, 3.8) is 0 Å². The average molecular weight is 518 g/mol. The molecule has 2 aromatic carbocycles. The molecule has 196 valence electrons. The molecule has 4 rings (SSSR count). The Labute approximate surface area is 203 Å². The van der Waals surface area contributed by atoms with E-state index in [-0.39, 0.29) is 17.8 Å². The van der Waals surface area contributed by atoms with Crippen LogP contribution >= 0.6 is 0 Å². The van der Waals surface area contributed by atoms with Crippen molar-refractivity contribution in [2.45, 2.75) is 63.0 Å². The summed E-state index contributed by atoms with van der Waals surface area (Å²) in [6, 6.07) is 8.24. The fourth-order valence-electron chi connectivity index (χ4n) is 5.09. The molecule has 1 saturated heterocycles. The number of halogens is 7. The smallest absolute Gasteiger partial charge is 0.342 e. The number of benzene rings is 2. The van der Waals surface area contributed by atoms with Crippen LogP contribution in [0.1, 0.15) is 60.3 Å². The highest BCUT2D eigenvalue weighted by molar-refractivity contribution is 5.78. The van der Waals surface area contributed by atoms with Crippen molar-refractivity contribution in [2.24, 2.45) is 11.1 Å². The van der Waals surface area contributed by atoms with Gasteiger partial charge in [-0.15, -0.1) is 0 Å². The van der Waals surface area contributed by atoms with Crippen LogP contribution in [0, 0.1) is 16.6 Å². The van der Waals surface area contributed by atoms with Gasteiger partial charge in [0.1, 0.15) is 12.4 Å². The lowest BCUT2D eigenvalue weighted by molar-refractivity contribution is -0.143.